The highest BCUT2D eigenvalue weighted by molar-refractivity contribution is 7.83. The third-order valence-electron chi connectivity index (χ3n) is 1.02. The number of alkyl halides is 1. The van der Waals surface area contributed by atoms with Gasteiger partial charge in [-0.1, -0.05) is 0 Å². The fraction of sp³-hybridized carbons (Fsp3) is 1.00. The van der Waals surface area contributed by atoms with E-state index in [2.05, 4.69) is 0 Å². The first-order valence-electron chi connectivity index (χ1n) is 2.71. The normalized spacial score (nSPS) is 18.4. The van der Waals surface area contributed by atoms with Gasteiger partial charge in [0.25, 0.3) is 0 Å². The van der Waals surface area contributed by atoms with Crippen LogP contribution in [0, 0.1) is 0 Å². The van der Waals surface area contributed by atoms with Gasteiger partial charge in [0.2, 0.25) is 0 Å². The van der Waals surface area contributed by atoms with Gasteiger partial charge in [0.05, 0.1) is 0 Å². The summed E-state index contributed by atoms with van der Waals surface area (Å²) in [4.78, 5) is 0. The zero-order chi connectivity index (χ0) is 8.36. The molecule has 0 saturated carbocycles. The summed E-state index contributed by atoms with van der Waals surface area (Å²) in [5.41, 5.74) is 0. The molecule has 0 fully saturated rings. The third-order valence-corrected chi connectivity index (χ3v) is 2.07. The number of hydrogen-bond donors (Lipinski definition) is 2. The Bertz CT molecular complexity index is 189. The summed E-state index contributed by atoms with van der Waals surface area (Å²) in [5.74, 6) is 0. The molecule has 2 N–H and O–H groups in total. The molecule has 0 aromatic carbocycles. The Balaban J connectivity index is 3.93. The van der Waals surface area contributed by atoms with Crippen LogP contribution in [0.15, 0.2) is 0 Å². The van der Waals surface area contributed by atoms with Crippen molar-refractivity contribution in [3.05, 3.63) is 0 Å². The second-order valence-electron chi connectivity index (χ2n) is 2.06. The van der Waals surface area contributed by atoms with Crippen LogP contribution in [0.3, 0.4) is 0 Å². The molecule has 0 spiro atoms. The topological polar surface area (TPSA) is 66.4 Å². The van der Waals surface area contributed by atoms with E-state index in [0.29, 0.717) is 0 Å². The van der Waals surface area contributed by atoms with E-state index >= 15 is 0 Å². The highest BCUT2D eigenvalue weighted by Gasteiger charge is 2.14. The van der Waals surface area contributed by atoms with Gasteiger partial charge in [-0.3, -0.25) is 4.55 Å². The maximum absolute atomic E-state index is 10.1. The maximum Gasteiger partial charge on any atom is 0.333 e. The fourth-order valence-corrected chi connectivity index (χ4v) is 1.14. The first kappa shape index (κ1) is 10.2. The van der Waals surface area contributed by atoms with Crippen molar-refractivity contribution in [3.63, 3.8) is 0 Å². The van der Waals surface area contributed by atoms with E-state index < -0.39 is 16.3 Å². The summed E-state index contributed by atoms with van der Waals surface area (Å²) in [6.07, 6.45) is 0. The van der Waals surface area contributed by atoms with Crippen molar-refractivity contribution >= 4 is 21.9 Å². The van der Waals surface area contributed by atoms with Crippen molar-refractivity contribution in [1.82, 2.24) is 4.72 Å². The molecule has 2 unspecified atom stereocenters. The second kappa shape index (κ2) is 3.52. The minimum Gasteiger partial charge on any atom is -0.273 e. The average Bonchev–Trinajstić information content (AvgIpc) is 1.60. The van der Waals surface area contributed by atoms with Crippen molar-refractivity contribution in [3.8, 4) is 0 Å². The van der Waals surface area contributed by atoms with Gasteiger partial charge in [-0.15, -0.1) is 11.6 Å². The van der Waals surface area contributed by atoms with Crippen LogP contribution >= 0.6 is 11.6 Å². The molecule has 0 amide bonds. The van der Waals surface area contributed by atoms with Crippen LogP contribution in [0.4, 0.5) is 0 Å². The predicted octanol–water partition coefficient (Wildman–Crippen LogP) is 0.395. The van der Waals surface area contributed by atoms with Crippen LogP contribution in [-0.4, -0.2) is 24.4 Å². The zero-order valence-corrected chi connectivity index (χ0v) is 7.28. The Morgan fingerprint density at radius 3 is 2.00 bits per heavy atom. The Morgan fingerprint density at radius 2 is 1.90 bits per heavy atom. The fourth-order valence-electron chi connectivity index (χ4n) is 0.329. The van der Waals surface area contributed by atoms with Gasteiger partial charge in [-0.25, -0.2) is 0 Å². The molecule has 2 atom stereocenters. The Labute approximate surface area is 65.5 Å². The number of rotatable bonds is 3. The van der Waals surface area contributed by atoms with E-state index in [-0.39, 0.29) is 5.38 Å². The average molecular weight is 188 g/mol. The smallest absolute Gasteiger partial charge is 0.273 e. The lowest BCUT2D eigenvalue weighted by atomic mass is 10.3. The zero-order valence-electron chi connectivity index (χ0n) is 5.70. The lowest BCUT2D eigenvalue weighted by Crippen LogP contribution is -2.37. The quantitative estimate of drug-likeness (QED) is 0.497. The van der Waals surface area contributed by atoms with Crippen LogP contribution in [0.25, 0.3) is 0 Å². The van der Waals surface area contributed by atoms with Gasteiger partial charge in [0.15, 0.2) is 0 Å². The molecule has 0 rings (SSSR count). The van der Waals surface area contributed by atoms with Gasteiger partial charge in [-0.2, -0.15) is 13.1 Å². The molecular weight excluding hydrogens is 178 g/mol. The summed E-state index contributed by atoms with van der Waals surface area (Å²) in [5, 5.41) is -0.345. The number of halogens is 1. The van der Waals surface area contributed by atoms with Crippen molar-refractivity contribution in [2.24, 2.45) is 0 Å². The first-order chi connectivity index (χ1) is 4.33. The van der Waals surface area contributed by atoms with Crippen LogP contribution < -0.4 is 4.72 Å². The molecule has 62 valence electrons. The molecule has 10 heavy (non-hydrogen) atoms. The lowest BCUT2D eigenvalue weighted by molar-refractivity contribution is 0.454. The molecule has 0 saturated heterocycles. The van der Waals surface area contributed by atoms with Gasteiger partial charge in [0, 0.05) is 11.4 Å². The van der Waals surface area contributed by atoms with Gasteiger partial charge in [0.1, 0.15) is 0 Å². The molecule has 0 heterocycles. The minimum absolute atomic E-state index is 0.345. The van der Waals surface area contributed by atoms with Crippen LogP contribution in [0.1, 0.15) is 13.8 Å². The highest BCUT2D eigenvalue weighted by atomic mass is 35.5. The number of nitrogens with one attached hydrogen (secondary N) is 1. The van der Waals surface area contributed by atoms with Crippen LogP contribution in [0.5, 0.6) is 0 Å². The monoisotopic (exact) mass is 187 g/mol. The van der Waals surface area contributed by atoms with Gasteiger partial charge in [-0.05, 0) is 13.8 Å². The Morgan fingerprint density at radius 1 is 1.50 bits per heavy atom. The predicted molar refractivity (Wildman–Crippen MR) is 39.5 cm³/mol. The van der Waals surface area contributed by atoms with E-state index in [1.54, 1.807) is 13.8 Å². The Hall–Kier alpha value is 0.160. The molecule has 0 bridgehead atoms. The van der Waals surface area contributed by atoms with E-state index in [0.717, 1.165) is 0 Å². The van der Waals surface area contributed by atoms with Crippen LogP contribution in [0.2, 0.25) is 0 Å². The van der Waals surface area contributed by atoms with Gasteiger partial charge < -0.3 is 0 Å². The second-order valence-corrected chi connectivity index (χ2v) is 3.93. The summed E-state index contributed by atoms with van der Waals surface area (Å²) in [6, 6.07) is -0.461. The Kier molecular flexibility index (Phi) is 3.58. The molecule has 0 aromatic heterocycles. The molecule has 0 aliphatic carbocycles. The molecular formula is C4H10ClNO3S. The SMILES string of the molecule is CC(Cl)C(C)NS(=O)(=O)O. The molecule has 0 aliphatic rings. The summed E-state index contributed by atoms with van der Waals surface area (Å²) in [7, 11) is -4.10. The minimum atomic E-state index is -4.10. The van der Waals surface area contributed by atoms with E-state index in [1.807, 2.05) is 4.72 Å². The van der Waals surface area contributed by atoms with Gasteiger partial charge >= 0.3 is 10.3 Å². The molecule has 0 radical (unpaired) electrons. The van der Waals surface area contributed by atoms with Crippen LogP contribution in [-0.2, 0) is 10.3 Å². The highest BCUT2D eigenvalue weighted by Crippen LogP contribution is 2.00. The molecule has 0 aliphatic heterocycles. The molecule has 6 heteroatoms. The van der Waals surface area contributed by atoms with E-state index in [9.17, 15) is 8.42 Å². The lowest BCUT2D eigenvalue weighted by Gasteiger charge is -2.12. The van der Waals surface area contributed by atoms with E-state index in [1.165, 1.54) is 0 Å². The van der Waals surface area contributed by atoms with Crippen molar-refractivity contribution in [1.29, 1.82) is 0 Å². The molecule has 4 nitrogen and oxygen atoms in total. The third kappa shape index (κ3) is 4.99. The number of hydrogen-bond acceptors (Lipinski definition) is 2. The molecule has 0 aromatic rings. The van der Waals surface area contributed by atoms with E-state index in [4.69, 9.17) is 16.2 Å². The first-order valence-corrected chi connectivity index (χ1v) is 4.59. The summed E-state index contributed by atoms with van der Waals surface area (Å²) in [6.45, 7) is 3.19. The van der Waals surface area contributed by atoms with Crippen molar-refractivity contribution in [2.45, 2.75) is 25.3 Å². The maximum atomic E-state index is 10.1. The van der Waals surface area contributed by atoms with Crippen molar-refractivity contribution < 1.29 is 13.0 Å². The standard InChI is InChI=1S/C4H10ClNO3S/c1-3(5)4(2)6-10(7,8)9/h3-4,6H,1-2H3,(H,7,8,9). The van der Waals surface area contributed by atoms with Crippen molar-refractivity contribution in [2.75, 3.05) is 0 Å². The summed E-state index contributed by atoms with van der Waals surface area (Å²) < 4.78 is 30.4. The largest absolute Gasteiger partial charge is 0.333 e. The summed E-state index contributed by atoms with van der Waals surface area (Å²) >= 11 is 5.50.